The SMILES string of the molecule is C=C1C(=O)OC2C1CC1OC1(CO)CCC=C(C)CCC=C(C)C2OC(C)=O. The minimum Gasteiger partial charge on any atom is -0.454 e. The number of epoxide rings is 1. The quantitative estimate of drug-likeness (QED) is 0.338. The molecule has 3 rings (SSSR count). The molecule has 0 aromatic heterocycles. The average molecular weight is 390 g/mol. The Hall–Kier alpha value is -1.92. The second-order valence-corrected chi connectivity index (χ2v) is 8.17. The molecule has 5 unspecified atom stereocenters. The molecule has 154 valence electrons. The zero-order valence-electron chi connectivity index (χ0n) is 16.9. The molecule has 2 heterocycles. The van der Waals surface area contributed by atoms with Gasteiger partial charge < -0.3 is 19.3 Å². The lowest BCUT2D eigenvalue weighted by Crippen LogP contribution is -2.37. The predicted octanol–water partition coefficient (Wildman–Crippen LogP) is 3.00. The molecule has 6 nitrogen and oxygen atoms in total. The van der Waals surface area contributed by atoms with Crippen molar-refractivity contribution in [2.75, 3.05) is 6.61 Å². The number of allylic oxidation sites excluding steroid dienone is 3. The van der Waals surface area contributed by atoms with Gasteiger partial charge in [0.15, 0.2) is 6.10 Å². The van der Waals surface area contributed by atoms with Crippen LogP contribution < -0.4 is 0 Å². The van der Waals surface area contributed by atoms with E-state index in [-0.39, 0.29) is 18.6 Å². The summed E-state index contributed by atoms with van der Waals surface area (Å²) in [5.74, 6) is -1.20. The van der Waals surface area contributed by atoms with E-state index in [4.69, 9.17) is 14.2 Å². The van der Waals surface area contributed by atoms with Crippen LogP contribution in [0.2, 0.25) is 0 Å². The number of aliphatic hydroxyl groups excluding tert-OH is 1. The normalized spacial score (nSPS) is 36.3. The van der Waals surface area contributed by atoms with Gasteiger partial charge in [-0.1, -0.05) is 24.3 Å². The van der Waals surface area contributed by atoms with E-state index in [2.05, 4.69) is 19.6 Å². The minimum absolute atomic E-state index is 0.0600. The van der Waals surface area contributed by atoms with E-state index in [1.165, 1.54) is 12.5 Å². The largest absolute Gasteiger partial charge is 0.454 e. The lowest BCUT2D eigenvalue weighted by Gasteiger charge is -2.27. The van der Waals surface area contributed by atoms with Gasteiger partial charge in [0.25, 0.3) is 0 Å². The minimum atomic E-state index is -0.653. The zero-order valence-corrected chi connectivity index (χ0v) is 16.9. The summed E-state index contributed by atoms with van der Waals surface area (Å²) in [6, 6.07) is 0. The third-order valence-electron chi connectivity index (χ3n) is 6.10. The number of hydrogen-bond acceptors (Lipinski definition) is 6. The maximum absolute atomic E-state index is 12.3. The Bertz CT molecular complexity index is 721. The molecule has 0 aromatic rings. The second-order valence-electron chi connectivity index (χ2n) is 8.17. The average Bonchev–Trinajstić information content (AvgIpc) is 3.26. The van der Waals surface area contributed by atoms with Crippen molar-refractivity contribution in [2.24, 2.45) is 5.92 Å². The Labute approximate surface area is 166 Å². The van der Waals surface area contributed by atoms with E-state index >= 15 is 0 Å². The number of fused-ring (bicyclic) bond motifs is 2. The maximum atomic E-state index is 12.3. The van der Waals surface area contributed by atoms with Gasteiger partial charge in [-0.25, -0.2) is 4.79 Å². The molecule has 2 fully saturated rings. The zero-order chi connectivity index (χ0) is 20.5. The molecular formula is C22H30O6. The molecule has 0 amide bonds. The monoisotopic (exact) mass is 390 g/mol. The maximum Gasteiger partial charge on any atom is 0.334 e. The third kappa shape index (κ3) is 4.23. The number of rotatable bonds is 2. The van der Waals surface area contributed by atoms with Crippen molar-refractivity contribution >= 4 is 11.9 Å². The van der Waals surface area contributed by atoms with E-state index in [0.717, 1.165) is 31.3 Å². The Balaban J connectivity index is 1.93. The molecule has 1 aliphatic carbocycles. The van der Waals surface area contributed by atoms with Crippen LogP contribution in [0.4, 0.5) is 0 Å². The molecule has 28 heavy (non-hydrogen) atoms. The molecule has 3 aliphatic rings. The molecule has 1 N–H and O–H groups in total. The highest BCUT2D eigenvalue weighted by molar-refractivity contribution is 5.91. The highest BCUT2D eigenvalue weighted by Gasteiger charge is 2.58. The molecule has 2 aliphatic heterocycles. The van der Waals surface area contributed by atoms with Gasteiger partial charge in [0.2, 0.25) is 0 Å². The first-order valence-electron chi connectivity index (χ1n) is 9.95. The fourth-order valence-corrected chi connectivity index (χ4v) is 4.27. The van der Waals surface area contributed by atoms with Crippen molar-refractivity contribution in [3.63, 3.8) is 0 Å². The van der Waals surface area contributed by atoms with Crippen LogP contribution in [0, 0.1) is 5.92 Å². The standard InChI is InChI=1S/C22H30O6/c1-13-7-5-9-14(2)19(26-16(4)24)20-17(15(3)21(25)27-20)11-18-22(12-23,28-18)10-6-8-13/h8-9,17-20,23H,3,5-7,10-12H2,1-2,4H3. The molecule has 0 aromatic carbocycles. The number of hydrogen-bond donors (Lipinski definition) is 1. The summed E-state index contributed by atoms with van der Waals surface area (Å²) >= 11 is 0. The van der Waals surface area contributed by atoms with Crippen LogP contribution in [0.25, 0.3) is 0 Å². The van der Waals surface area contributed by atoms with Gasteiger partial charge in [-0.2, -0.15) is 0 Å². The summed E-state index contributed by atoms with van der Waals surface area (Å²) in [6.45, 7) is 9.19. The van der Waals surface area contributed by atoms with Crippen LogP contribution in [0.3, 0.4) is 0 Å². The van der Waals surface area contributed by atoms with Crippen molar-refractivity contribution in [1.29, 1.82) is 0 Å². The van der Waals surface area contributed by atoms with Crippen LogP contribution in [-0.2, 0) is 23.8 Å². The van der Waals surface area contributed by atoms with Gasteiger partial charge in [0, 0.05) is 18.4 Å². The van der Waals surface area contributed by atoms with Crippen molar-refractivity contribution < 1.29 is 28.9 Å². The summed E-state index contributed by atoms with van der Waals surface area (Å²) in [6.07, 6.45) is 6.56. The van der Waals surface area contributed by atoms with Gasteiger partial charge in [-0.05, 0) is 51.5 Å². The second kappa shape index (κ2) is 8.21. The third-order valence-corrected chi connectivity index (χ3v) is 6.10. The van der Waals surface area contributed by atoms with Crippen molar-refractivity contribution in [3.05, 3.63) is 35.5 Å². The number of esters is 2. The molecule has 0 radical (unpaired) electrons. The van der Waals surface area contributed by atoms with Crippen LogP contribution in [0.5, 0.6) is 0 Å². The molecule has 6 heteroatoms. The molecule has 0 bridgehead atoms. The fraction of sp³-hybridized carbons (Fsp3) is 0.636. The number of carbonyl (C=O) groups excluding carboxylic acids is 2. The van der Waals surface area contributed by atoms with Crippen LogP contribution in [-0.4, -0.2) is 47.6 Å². The van der Waals surface area contributed by atoms with E-state index in [9.17, 15) is 14.7 Å². The summed E-state index contributed by atoms with van der Waals surface area (Å²) in [5.41, 5.74) is 1.94. The summed E-state index contributed by atoms with van der Waals surface area (Å²) < 4.78 is 17.1. The van der Waals surface area contributed by atoms with Gasteiger partial charge >= 0.3 is 11.9 Å². The number of ether oxygens (including phenoxy) is 3. The Morgan fingerprint density at radius 1 is 1.36 bits per heavy atom. The molecule has 2 saturated heterocycles. The van der Waals surface area contributed by atoms with Gasteiger partial charge in [0.1, 0.15) is 11.7 Å². The predicted molar refractivity (Wildman–Crippen MR) is 103 cm³/mol. The highest BCUT2D eigenvalue weighted by atomic mass is 16.6. The first-order chi connectivity index (χ1) is 13.3. The van der Waals surface area contributed by atoms with E-state index < -0.39 is 29.7 Å². The van der Waals surface area contributed by atoms with Crippen LogP contribution >= 0.6 is 0 Å². The molecule has 0 spiro atoms. The van der Waals surface area contributed by atoms with E-state index in [0.29, 0.717) is 12.0 Å². The molecule has 5 atom stereocenters. The van der Waals surface area contributed by atoms with Crippen LogP contribution in [0.15, 0.2) is 35.5 Å². The molecular weight excluding hydrogens is 360 g/mol. The first kappa shape index (κ1) is 20.8. The molecule has 0 saturated carbocycles. The Morgan fingerprint density at radius 3 is 2.79 bits per heavy atom. The van der Waals surface area contributed by atoms with Crippen LogP contribution in [0.1, 0.15) is 52.9 Å². The number of carbonyl (C=O) groups is 2. The van der Waals surface area contributed by atoms with E-state index in [1.807, 2.05) is 13.0 Å². The van der Waals surface area contributed by atoms with Crippen molar-refractivity contribution in [1.82, 2.24) is 0 Å². The smallest absolute Gasteiger partial charge is 0.334 e. The fourth-order valence-electron chi connectivity index (χ4n) is 4.27. The lowest BCUT2D eigenvalue weighted by molar-refractivity contribution is -0.157. The number of aliphatic hydroxyl groups is 1. The Kier molecular flexibility index (Phi) is 6.10. The van der Waals surface area contributed by atoms with Crippen molar-refractivity contribution in [3.8, 4) is 0 Å². The van der Waals surface area contributed by atoms with Crippen molar-refractivity contribution in [2.45, 2.75) is 76.8 Å². The summed E-state index contributed by atoms with van der Waals surface area (Å²) in [7, 11) is 0. The lowest BCUT2D eigenvalue weighted by atomic mass is 9.83. The highest BCUT2D eigenvalue weighted by Crippen LogP contribution is 2.47. The topological polar surface area (TPSA) is 85.4 Å². The van der Waals surface area contributed by atoms with Gasteiger partial charge in [-0.3, -0.25) is 4.79 Å². The summed E-state index contributed by atoms with van der Waals surface area (Å²) in [4.78, 5) is 24.0. The van der Waals surface area contributed by atoms with Gasteiger partial charge in [0.05, 0.1) is 12.7 Å². The van der Waals surface area contributed by atoms with Gasteiger partial charge in [-0.15, -0.1) is 0 Å². The van der Waals surface area contributed by atoms with E-state index in [1.54, 1.807) is 0 Å². The first-order valence-corrected chi connectivity index (χ1v) is 9.95. The Morgan fingerprint density at radius 2 is 2.11 bits per heavy atom. The summed E-state index contributed by atoms with van der Waals surface area (Å²) in [5, 5.41) is 9.89.